The van der Waals surface area contributed by atoms with Crippen LogP contribution in [0.5, 0.6) is 5.75 Å². The Kier molecular flexibility index (Phi) is 3.11. The highest BCUT2D eigenvalue weighted by Crippen LogP contribution is 2.29. The minimum atomic E-state index is -1.09. The lowest BCUT2D eigenvalue weighted by Crippen LogP contribution is -2.50. The second kappa shape index (κ2) is 4.91. The van der Waals surface area contributed by atoms with E-state index in [-0.39, 0.29) is 11.9 Å². The minimum absolute atomic E-state index is 0.182. The monoisotopic (exact) mass is 260 g/mol. The second-order valence-corrected chi connectivity index (χ2v) is 4.97. The predicted molar refractivity (Wildman–Crippen MR) is 69.9 cm³/mol. The molecule has 2 aliphatic rings. The molecule has 0 aromatic heterocycles. The molecule has 0 bridgehead atoms. The number of carbonyl (C=O) groups excluding carboxylic acids is 2. The first-order valence-electron chi connectivity index (χ1n) is 6.61. The Hall–Kier alpha value is -2.04. The van der Waals surface area contributed by atoms with Gasteiger partial charge in [0, 0.05) is 6.04 Å². The summed E-state index contributed by atoms with van der Waals surface area (Å²) < 4.78 is 5.49. The quantitative estimate of drug-likeness (QED) is 0.791. The summed E-state index contributed by atoms with van der Waals surface area (Å²) in [6, 6.07) is 7.29. The summed E-state index contributed by atoms with van der Waals surface area (Å²) >= 11 is 0. The average Bonchev–Trinajstić information content (AvgIpc) is 2.90. The van der Waals surface area contributed by atoms with Crippen LogP contribution in [-0.4, -0.2) is 24.0 Å². The normalized spacial score (nSPS) is 22.3. The Morgan fingerprint density at radius 3 is 2.79 bits per heavy atom. The predicted octanol–water partition coefficient (Wildman–Crippen LogP) is 1.44. The summed E-state index contributed by atoms with van der Waals surface area (Å²) in [5.41, 5.74) is 0.609. The van der Waals surface area contributed by atoms with Crippen molar-refractivity contribution in [3.8, 4) is 5.75 Å². The number of nitrogens with one attached hydrogen (secondary N) is 2. The van der Waals surface area contributed by atoms with E-state index in [4.69, 9.17) is 4.74 Å². The van der Waals surface area contributed by atoms with Gasteiger partial charge in [0.25, 0.3) is 17.9 Å². The maximum absolute atomic E-state index is 12.1. The molecule has 100 valence electrons. The largest absolute Gasteiger partial charge is 0.468 e. The molecule has 1 heterocycles. The average molecular weight is 260 g/mol. The topological polar surface area (TPSA) is 67.4 Å². The molecule has 0 saturated heterocycles. The van der Waals surface area contributed by atoms with Crippen LogP contribution in [0.15, 0.2) is 24.3 Å². The number of rotatable bonds is 2. The Labute approximate surface area is 111 Å². The van der Waals surface area contributed by atoms with Crippen molar-refractivity contribution in [1.29, 1.82) is 0 Å². The molecule has 1 atom stereocenters. The first kappa shape index (κ1) is 12.0. The fourth-order valence-electron chi connectivity index (χ4n) is 2.57. The van der Waals surface area contributed by atoms with Gasteiger partial charge in [0.15, 0.2) is 0 Å². The molecule has 2 N–H and O–H groups in total. The lowest BCUT2D eigenvalue weighted by atomic mass is 10.2. The lowest BCUT2D eigenvalue weighted by Gasteiger charge is -2.26. The van der Waals surface area contributed by atoms with Crippen molar-refractivity contribution in [3.63, 3.8) is 0 Å². The number of anilines is 1. The molecule has 5 heteroatoms. The standard InChI is InChI=1S/C14H16N2O3/c17-13(15-9-5-1-2-6-9)12-14(18)16-10-7-3-4-8-11(10)19-12/h3-4,7-9,12H,1-2,5-6H2,(H,15,17)(H,16,18)/t12-/m1/s1. The number of amides is 2. The van der Waals surface area contributed by atoms with Gasteiger partial charge < -0.3 is 15.4 Å². The highest BCUT2D eigenvalue weighted by atomic mass is 16.5. The SMILES string of the molecule is O=C1Nc2ccccc2O[C@@H]1C(=O)NC1CCCC1. The number of fused-ring (bicyclic) bond motifs is 1. The molecule has 1 saturated carbocycles. The van der Waals surface area contributed by atoms with Gasteiger partial charge in [0.05, 0.1) is 5.69 Å². The van der Waals surface area contributed by atoms with E-state index < -0.39 is 12.0 Å². The molecule has 1 aliphatic carbocycles. The van der Waals surface area contributed by atoms with Crippen molar-refractivity contribution >= 4 is 17.5 Å². The highest BCUT2D eigenvalue weighted by Gasteiger charge is 2.35. The van der Waals surface area contributed by atoms with Crippen LogP contribution in [0.1, 0.15) is 25.7 Å². The third-order valence-electron chi connectivity index (χ3n) is 3.57. The third kappa shape index (κ3) is 2.41. The second-order valence-electron chi connectivity index (χ2n) is 4.97. The molecule has 2 amide bonds. The molecule has 1 aromatic rings. The van der Waals surface area contributed by atoms with Crippen LogP contribution in [0.2, 0.25) is 0 Å². The molecule has 3 rings (SSSR count). The molecule has 1 aliphatic heterocycles. The van der Waals surface area contributed by atoms with Crippen molar-refractivity contribution in [2.24, 2.45) is 0 Å². The maximum Gasteiger partial charge on any atom is 0.275 e. The minimum Gasteiger partial charge on any atom is -0.468 e. The molecule has 19 heavy (non-hydrogen) atoms. The molecular weight excluding hydrogens is 244 g/mol. The van der Waals surface area contributed by atoms with Crippen LogP contribution in [-0.2, 0) is 9.59 Å². The smallest absolute Gasteiger partial charge is 0.275 e. The number of hydrogen-bond donors (Lipinski definition) is 2. The summed E-state index contributed by atoms with van der Waals surface area (Å²) in [5.74, 6) is -0.221. The number of ether oxygens (including phenoxy) is 1. The van der Waals surface area contributed by atoms with E-state index in [1.807, 2.05) is 6.07 Å². The fraction of sp³-hybridized carbons (Fsp3) is 0.429. The maximum atomic E-state index is 12.1. The first-order valence-corrected chi connectivity index (χ1v) is 6.61. The van der Waals surface area contributed by atoms with Gasteiger partial charge in [-0.05, 0) is 25.0 Å². The number of para-hydroxylation sites is 2. The van der Waals surface area contributed by atoms with Crippen LogP contribution >= 0.6 is 0 Å². The van der Waals surface area contributed by atoms with E-state index in [2.05, 4.69) is 10.6 Å². The molecule has 0 unspecified atom stereocenters. The van der Waals surface area contributed by atoms with Crippen LogP contribution in [0.25, 0.3) is 0 Å². The van der Waals surface area contributed by atoms with E-state index in [0.717, 1.165) is 25.7 Å². The number of benzene rings is 1. The van der Waals surface area contributed by atoms with Gasteiger partial charge in [-0.25, -0.2) is 0 Å². The molecule has 5 nitrogen and oxygen atoms in total. The van der Waals surface area contributed by atoms with E-state index in [1.165, 1.54) is 0 Å². The number of hydrogen-bond acceptors (Lipinski definition) is 3. The van der Waals surface area contributed by atoms with Gasteiger partial charge in [-0.3, -0.25) is 9.59 Å². The summed E-state index contributed by atoms with van der Waals surface area (Å²) in [7, 11) is 0. The highest BCUT2D eigenvalue weighted by molar-refractivity contribution is 6.11. The molecule has 1 aromatic carbocycles. The van der Waals surface area contributed by atoms with Crippen molar-refractivity contribution < 1.29 is 14.3 Å². The third-order valence-corrected chi connectivity index (χ3v) is 3.57. The summed E-state index contributed by atoms with van der Waals surface area (Å²) in [5, 5.41) is 5.58. The van der Waals surface area contributed by atoms with Gasteiger partial charge in [0.2, 0.25) is 0 Å². The van der Waals surface area contributed by atoms with Crippen LogP contribution in [0.4, 0.5) is 5.69 Å². The Bertz CT molecular complexity index is 509. The van der Waals surface area contributed by atoms with E-state index in [0.29, 0.717) is 11.4 Å². The van der Waals surface area contributed by atoms with E-state index >= 15 is 0 Å². The van der Waals surface area contributed by atoms with Crippen molar-refractivity contribution in [3.05, 3.63) is 24.3 Å². The van der Waals surface area contributed by atoms with Gasteiger partial charge in [-0.1, -0.05) is 25.0 Å². The zero-order valence-electron chi connectivity index (χ0n) is 10.5. The van der Waals surface area contributed by atoms with Crippen LogP contribution in [0.3, 0.4) is 0 Å². The van der Waals surface area contributed by atoms with Gasteiger partial charge in [-0.15, -0.1) is 0 Å². The molecule has 1 fully saturated rings. The zero-order valence-corrected chi connectivity index (χ0v) is 10.5. The Morgan fingerprint density at radius 2 is 2.00 bits per heavy atom. The Morgan fingerprint density at radius 1 is 1.26 bits per heavy atom. The molecular formula is C14H16N2O3. The van der Waals surface area contributed by atoms with Crippen molar-refractivity contribution in [1.82, 2.24) is 5.32 Å². The fourth-order valence-corrected chi connectivity index (χ4v) is 2.57. The lowest BCUT2D eigenvalue weighted by molar-refractivity contribution is -0.137. The Balaban J connectivity index is 1.71. The van der Waals surface area contributed by atoms with Crippen LogP contribution in [0, 0.1) is 0 Å². The summed E-state index contributed by atoms with van der Waals surface area (Å²) in [4.78, 5) is 24.0. The van der Waals surface area contributed by atoms with Crippen molar-refractivity contribution in [2.75, 3.05) is 5.32 Å². The van der Waals surface area contributed by atoms with Crippen molar-refractivity contribution in [2.45, 2.75) is 37.8 Å². The van der Waals surface area contributed by atoms with Crippen LogP contribution < -0.4 is 15.4 Å². The van der Waals surface area contributed by atoms with Gasteiger partial charge in [-0.2, -0.15) is 0 Å². The first-order chi connectivity index (χ1) is 9.24. The summed E-state index contributed by atoms with van der Waals surface area (Å²) in [6.07, 6.45) is 3.14. The molecule has 0 radical (unpaired) electrons. The van der Waals surface area contributed by atoms with Gasteiger partial charge >= 0.3 is 0 Å². The number of carbonyl (C=O) groups is 2. The van der Waals surface area contributed by atoms with E-state index in [9.17, 15) is 9.59 Å². The summed E-state index contributed by atoms with van der Waals surface area (Å²) in [6.45, 7) is 0. The van der Waals surface area contributed by atoms with Gasteiger partial charge in [0.1, 0.15) is 5.75 Å². The molecule has 0 spiro atoms. The zero-order chi connectivity index (χ0) is 13.2. The van der Waals surface area contributed by atoms with E-state index in [1.54, 1.807) is 18.2 Å².